The zero-order chi connectivity index (χ0) is 15.0. The molecule has 0 aliphatic carbocycles. The first kappa shape index (κ1) is 16.0. The van der Waals surface area contributed by atoms with Gasteiger partial charge in [0.1, 0.15) is 0 Å². The number of aliphatic imine (C=N–C) groups is 1. The summed E-state index contributed by atoms with van der Waals surface area (Å²) >= 11 is 1.25. The molecular weight excluding hydrogens is 288 g/mol. The van der Waals surface area contributed by atoms with E-state index in [0.29, 0.717) is 17.5 Å². The van der Waals surface area contributed by atoms with Crippen molar-refractivity contribution in [1.29, 1.82) is 5.26 Å². The van der Waals surface area contributed by atoms with Gasteiger partial charge in [0.05, 0.1) is 12.3 Å². The summed E-state index contributed by atoms with van der Waals surface area (Å²) in [5, 5.41) is 11.3. The highest BCUT2D eigenvalue weighted by Gasteiger charge is 2.11. The summed E-state index contributed by atoms with van der Waals surface area (Å²) in [7, 11) is 0. The summed E-state index contributed by atoms with van der Waals surface area (Å²) < 4.78 is 34.1. The lowest BCUT2D eigenvalue weighted by Gasteiger charge is -2.11. The highest BCUT2D eigenvalue weighted by atomic mass is 32.2. The number of nitrogens with one attached hydrogen (secondary N) is 1. The molecule has 0 atom stereocenters. The summed E-state index contributed by atoms with van der Waals surface area (Å²) in [4.78, 5) is 4.15. The van der Waals surface area contributed by atoms with Crippen LogP contribution in [0.15, 0.2) is 23.2 Å². The minimum atomic E-state index is -2.93. The molecule has 0 fully saturated rings. The van der Waals surface area contributed by atoms with Crippen molar-refractivity contribution in [3.05, 3.63) is 18.2 Å². The smallest absolute Gasteiger partial charge is 0.387 e. The first-order valence-electron chi connectivity index (χ1n) is 5.60. The zero-order valence-corrected chi connectivity index (χ0v) is 11.7. The summed E-state index contributed by atoms with van der Waals surface area (Å²) in [6, 6.07) is 4.31. The molecule has 0 saturated carbocycles. The van der Waals surface area contributed by atoms with Crippen LogP contribution in [-0.4, -0.2) is 24.6 Å². The molecule has 1 N–H and O–H groups in total. The predicted molar refractivity (Wildman–Crippen MR) is 73.6 cm³/mol. The number of halogens is 2. The lowest BCUT2D eigenvalue weighted by atomic mass is 10.3. The predicted octanol–water partition coefficient (Wildman–Crippen LogP) is 3.11. The molecule has 0 saturated heterocycles. The molecule has 0 aliphatic rings. The van der Waals surface area contributed by atoms with Gasteiger partial charge < -0.3 is 9.47 Å². The largest absolute Gasteiger partial charge is 0.490 e. The van der Waals surface area contributed by atoms with E-state index in [9.17, 15) is 8.78 Å². The Labute approximate surface area is 119 Å². The fraction of sp³-hybridized carbons (Fsp3) is 0.333. The van der Waals surface area contributed by atoms with E-state index < -0.39 is 6.61 Å². The minimum absolute atomic E-state index is 0.0558. The quantitative estimate of drug-likeness (QED) is 0.392. The second-order valence-corrected chi connectivity index (χ2v) is 4.10. The zero-order valence-electron chi connectivity index (χ0n) is 10.9. The number of rotatable bonds is 5. The monoisotopic (exact) mass is 301 g/mol. The Morgan fingerprint density at radius 2 is 2.25 bits per heavy atom. The van der Waals surface area contributed by atoms with Gasteiger partial charge in [-0.25, -0.2) is 4.99 Å². The van der Waals surface area contributed by atoms with Gasteiger partial charge in [-0.15, -0.1) is 0 Å². The average molecular weight is 301 g/mol. The molecule has 0 heterocycles. The van der Waals surface area contributed by atoms with Crippen molar-refractivity contribution in [3.8, 4) is 17.7 Å². The van der Waals surface area contributed by atoms with Crippen LogP contribution in [0.1, 0.15) is 6.92 Å². The maximum absolute atomic E-state index is 12.3. The van der Waals surface area contributed by atoms with E-state index in [1.165, 1.54) is 30.0 Å². The number of ether oxygens (including phenoxy) is 2. The topological polar surface area (TPSA) is 66.6 Å². The number of amidine groups is 1. The van der Waals surface area contributed by atoms with Gasteiger partial charge in [0.2, 0.25) is 0 Å². The second kappa shape index (κ2) is 8.22. The first-order valence-corrected chi connectivity index (χ1v) is 6.82. The van der Waals surface area contributed by atoms with Gasteiger partial charge in [-0.1, -0.05) is 11.8 Å². The molecule has 20 heavy (non-hydrogen) atoms. The van der Waals surface area contributed by atoms with Gasteiger partial charge in [0.15, 0.2) is 22.9 Å². The van der Waals surface area contributed by atoms with Crippen molar-refractivity contribution < 1.29 is 18.3 Å². The average Bonchev–Trinajstić information content (AvgIpc) is 2.41. The maximum atomic E-state index is 12.3. The number of thioether (sulfide) groups is 1. The third kappa shape index (κ3) is 4.93. The van der Waals surface area contributed by atoms with E-state index in [4.69, 9.17) is 10.00 Å². The van der Waals surface area contributed by atoms with Crippen molar-refractivity contribution in [2.75, 3.05) is 12.9 Å². The van der Waals surface area contributed by atoms with Crippen LogP contribution in [0.3, 0.4) is 0 Å². The Morgan fingerprint density at radius 1 is 1.50 bits per heavy atom. The van der Waals surface area contributed by atoms with E-state index in [2.05, 4.69) is 15.0 Å². The number of hydrogen-bond donors (Lipinski definition) is 1. The van der Waals surface area contributed by atoms with Crippen molar-refractivity contribution >= 4 is 22.6 Å². The van der Waals surface area contributed by atoms with E-state index in [-0.39, 0.29) is 11.5 Å². The van der Waals surface area contributed by atoms with Gasteiger partial charge in [0, 0.05) is 6.07 Å². The third-order valence-electron chi connectivity index (χ3n) is 2.03. The SMILES string of the molecule is CCOc1cc(N=C(NC#N)SC)ccc1OC(F)F. The fourth-order valence-electron chi connectivity index (χ4n) is 1.32. The van der Waals surface area contributed by atoms with Crippen molar-refractivity contribution in [1.82, 2.24) is 5.32 Å². The molecule has 0 amide bonds. The molecule has 0 spiro atoms. The second-order valence-electron chi connectivity index (χ2n) is 3.30. The number of nitrogens with zero attached hydrogens (tertiary/aromatic N) is 2. The van der Waals surface area contributed by atoms with Gasteiger partial charge in [-0.3, -0.25) is 5.32 Å². The van der Waals surface area contributed by atoms with Crippen LogP contribution < -0.4 is 14.8 Å². The van der Waals surface area contributed by atoms with Gasteiger partial charge in [-0.2, -0.15) is 14.0 Å². The van der Waals surface area contributed by atoms with Crippen LogP contribution >= 0.6 is 11.8 Å². The number of nitriles is 1. The summed E-state index contributed by atoms with van der Waals surface area (Å²) in [6.07, 6.45) is 3.51. The van der Waals surface area contributed by atoms with E-state index in [1.807, 2.05) is 0 Å². The maximum Gasteiger partial charge on any atom is 0.387 e. The Kier molecular flexibility index (Phi) is 6.59. The lowest BCUT2D eigenvalue weighted by molar-refractivity contribution is -0.0514. The standard InChI is InChI=1S/C12H13F2N3O2S/c1-3-18-10-6-8(17-12(20-2)16-7-15)4-5-9(10)19-11(13)14/h4-6,11H,3H2,1-2H3,(H,16,17). The van der Waals surface area contributed by atoms with E-state index >= 15 is 0 Å². The molecule has 5 nitrogen and oxygen atoms in total. The Balaban J connectivity index is 3.06. The third-order valence-corrected chi connectivity index (χ3v) is 2.61. The molecule has 0 unspecified atom stereocenters. The Morgan fingerprint density at radius 3 is 2.80 bits per heavy atom. The van der Waals surface area contributed by atoms with Crippen molar-refractivity contribution in [2.24, 2.45) is 4.99 Å². The molecular formula is C12H13F2N3O2S. The molecule has 0 radical (unpaired) electrons. The highest BCUT2D eigenvalue weighted by molar-refractivity contribution is 8.13. The molecule has 1 aromatic rings. The molecule has 1 rings (SSSR count). The minimum Gasteiger partial charge on any atom is -0.490 e. The molecule has 0 aliphatic heterocycles. The van der Waals surface area contributed by atoms with Crippen LogP contribution in [0.25, 0.3) is 0 Å². The lowest BCUT2D eigenvalue weighted by Crippen LogP contribution is -2.12. The normalized spacial score (nSPS) is 11.1. The molecule has 0 bridgehead atoms. The number of alkyl halides is 2. The summed E-state index contributed by atoms with van der Waals surface area (Å²) in [5.41, 5.74) is 0.460. The van der Waals surface area contributed by atoms with Gasteiger partial charge in [0.25, 0.3) is 0 Å². The number of benzene rings is 1. The summed E-state index contributed by atoms with van der Waals surface area (Å²) in [5.74, 6) is 0.117. The Bertz CT molecular complexity index is 518. The van der Waals surface area contributed by atoms with Crippen molar-refractivity contribution in [2.45, 2.75) is 13.5 Å². The van der Waals surface area contributed by atoms with Crippen LogP contribution in [0.4, 0.5) is 14.5 Å². The number of hydrogen-bond acceptors (Lipinski definition) is 5. The van der Waals surface area contributed by atoms with Crippen molar-refractivity contribution in [3.63, 3.8) is 0 Å². The van der Waals surface area contributed by atoms with Crippen LogP contribution in [0.5, 0.6) is 11.5 Å². The van der Waals surface area contributed by atoms with Crippen LogP contribution in [-0.2, 0) is 0 Å². The van der Waals surface area contributed by atoms with Crippen LogP contribution in [0.2, 0.25) is 0 Å². The fourth-order valence-corrected chi connectivity index (χ4v) is 1.66. The Hall–Kier alpha value is -2.01. The van der Waals surface area contributed by atoms with E-state index in [1.54, 1.807) is 19.4 Å². The molecule has 1 aromatic carbocycles. The summed E-state index contributed by atoms with van der Waals surface area (Å²) in [6.45, 7) is -0.892. The van der Waals surface area contributed by atoms with Gasteiger partial charge in [-0.05, 0) is 25.3 Å². The molecule has 0 aromatic heterocycles. The molecule has 8 heteroatoms. The highest BCUT2D eigenvalue weighted by Crippen LogP contribution is 2.33. The van der Waals surface area contributed by atoms with E-state index in [0.717, 1.165) is 0 Å². The first-order chi connectivity index (χ1) is 9.60. The molecule has 108 valence electrons. The van der Waals surface area contributed by atoms with Crippen LogP contribution in [0, 0.1) is 11.5 Å². The van der Waals surface area contributed by atoms with Gasteiger partial charge >= 0.3 is 6.61 Å².